The van der Waals surface area contributed by atoms with Crippen LogP contribution >= 0.6 is 0 Å². The highest BCUT2D eigenvalue weighted by Gasteiger charge is 2.47. The number of halogens is 2. The van der Waals surface area contributed by atoms with Gasteiger partial charge in [-0.05, 0) is 134 Å². The van der Waals surface area contributed by atoms with Crippen molar-refractivity contribution in [1.29, 1.82) is 0 Å². The van der Waals surface area contributed by atoms with Gasteiger partial charge >= 0.3 is 30.2 Å². The molecule has 14 amide bonds. The molecule has 5 aliphatic heterocycles. The Kier molecular flexibility index (Phi) is 31.3. The van der Waals surface area contributed by atoms with E-state index in [1.807, 2.05) is 13.8 Å². The van der Waals surface area contributed by atoms with Crippen molar-refractivity contribution in [2.75, 3.05) is 63.4 Å². The third kappa shape index (κ3) is 22.3. The molecule has 43 heteroatoms. The van der Waals surface area contributed by atoms with Gasteiger partial charge in [0.25, 0.3) is 22.9 Å². The maximum atomic E-state index is 15.8. The molecule has 0 unspecified atom stereocenters. The zero-order valence-corrected chi connectivity index (χ0v) is 77.0. The van der Waals surface area contributed by atoms with Gasteiger partial charge in [0.1, 0.15) is 62.0 Å². The molecule has 0 fully saturated rings. The van der Waals surface area contributed by atoms with Crippen molar-refractivity contribution in [2.45, 2.75) is 182 Å². The summed E-state index contributed by atoms with van der Waals surface area (Å²) in [5, 5.41) is 49.8. The minimum Gasteiger partial charge on any atom is -0.490 e. The molecule has 0 saturated carbocycles. The number of rotatable bonds is 41. The van der Waals surface area contributed by atoms with E-state index in [1.54, 1.807) is 58.2 Å². The summed E-state index contributed by atoms with van der Waals surface area (Å²) in [5.41, 5.74) is 13.7. The van der Waals surface area contributed by atoms with Crippen LogP contribution in [0.1, 0.15) is 150 Å². The maximum Gasteiger partial charge on any atom is 0.410 e. The largest absolute Gasteiger partial charge is 0.490 e. The van der Waals surface area contributed by atoms with Crippen molar-refractivity contribution in [3.63, 3.8) is 0 Å². The summed E-state index contributed by atoms with van der Waals surface area (Å²) in [7, 11) is 0. The number of ether oxygens (including phenoxy) is 6. The van der Waals surface area contributed by atoms with E-state index in [0.29, 0.717) is 74.2 Å². The van der Waals surface area contributed by atoms with Crippen LogP contribution in [-0.4, -0.2) is 193 Å². The third-order valence-electron chi connectivity index (χ3n) is 24.7. The third-order valence-corrected chi connectivity index (χ3v) is 24.7. The number of imide groups is 1. The fourth-order valence-electron chi connectivity index (χ4n) is 17.2. The Morgan fingerprint density at radius 1 is 0.543 bits per heavy atom. The van der Waals surface area contributed by atoms with Gasteiger partial charge in [-0.3, -0.25) is 68.4 Å². The van der Waals surface area contributed by atoms with E-state index < -0.39 is 168 Å². The molecule has 0 radical (unpaired) electrons. The summed E-state index contributed by atoms with van der Waals surface area (Å²) in [6, 6.07) is 13.6. The molecule has 6 atom stereocenters. The summed E-state index contributed by atoms with van der Waals surface area (Å²) >= 11 is 0. The van der Waals surface area contributed by atoms with E-state index in [1.165, 1.54) is 76.2 Å². The summed E-state index contributed by atoms with van der Waals surface area (Å²) in [4.78, 5) is 213. The van der Waals surface area contributed by atoms with Crippen LogP contribution in [0.5, 0.6) is 11.5 Å². The molecule has 13 rings (SSSR count). The molecule has 4 aromatic carbocycles. The first-order chi connectivity index (χ1) is 65.8. The number of aliphatic hydroxyl groups is 2. The van der Waals surface area contributed by atoms with Crippen LogP contribution < -0.4 is 85.2 Å². The Morgan fingerprint density at radius 3 is 1.36 bits per heavy atom. The second-order valence-electron chi connectivity index (χ2n) is 34.4. The van der Waals surface area contributed by atoms with Crippen LogP contribution in [0.2, 0.25) is 0 Å². The van der Waals surface area contributed by atoms with Crippen LogP contribution in [0, 0.1) is 23.5 Å². The SMILES string of the molecule is C=C1OCc2c(cc3n(c2=O)Cc2c-3nc3cc(F)c(OCNC(=O)OCc4ccc(NC(=O)[C@H](CCCNC(N)=O)NC(=O)[C@@H](NC(=O)CN(CCN5C(=O)C=CC5=O)CC(=O)N[C@H](C(=O)N[C@@H](CCCNC(N)=O)C(=O)Nc5ccc(COC(=O)NCOc6cc7c(CC)c8c(nc7cc6F)-c6cc7c(c(=O)n6C8)COC(=O)[C@]7(O)CC)cc5)C(C)C)C(C)C)cc4)cc3c2CC)[C@@]1(O)CC. The lowest BCUT2D eigenvalue weighted by Gasteiger charge is -2.35. The Hall–Kier alpha value is -15.3. The highest BCUT2D eigenvalue weighted by atomic mass is 19.1. The molecule has 8 aromatic rings. The van der Waals surface area contributed by atoms with Gasteiger partial charge in [-0.25, -0.2) is 42.7 Å². The first kappa shape index (κ1) is 100. The van der Waals surface area contributed by atoms with Crippen molar-refractivity contribution in [1.82, 2.24) is 71.4 Å². The van der Waals surface area contributed by atoms with Crippen molar-refractivity contribution in [3.05, 3.63) is 197 Å². The Labute approximate surface area is 788 Å². The number of nitrogens with two attached hydrogens (primary N) is 2. The van der Waals surface area contributed by atoms with Crippen LogP contribution in [0.4, 0.5) is 39.3 Å². The molecule has 0 aliphatic carbocycles. The Balaban J connectivity index is 0.585. The second-order valence-corrected chi connectivity index (χ2v) is 34.4. The van der Waals surface area contributed by atoms with Gasteiger partial charge in [0.15, 0.2) is 42.2 Å². The monoisotopic (exact) mass is 1910 g/mol. The van der Waals surface area contributed by atoms with E-state index >= 15 is 8.78 Å². The fourth-order valence-corrected chi connectivity index (χ4v) is 17.2. The van der Waals surface area contributed by atoms with Crippen molar-refractivity contribution in [2.24, 2.45) is 23.3 Å². The number of nitrogens with one attached hydrogen (secondary N) is 10. The predicted octanol–water partition coefficient (Wildman–Crippen LogP) is 5.34. The van der Waals surface area contributed by atoms with Crippen LogP contribution in [-0.2, 0) is 126 Å². The molecule has 0 saturated heterocycles. The van der Waals surface area contributed by atoms with E-state index in [0.717, 1.165) is 39.8 Å². The first-order valence-corrected chi connectivity index (χ1v) is 45.0. The highest BCUT2D eigenvalue weighted by Crippen LogP contribution is 2.45. The van der Waals surface area contributed by atoms with Gasteiger partial charge in [-0.15, -0.1) is 0 Å². The number of aromatic nitrogens is 4. The van der Waals surface area contributed by atoms with E-state index in [4.69, 9.17) is 49.9 Å². The lowest BCUT2D eigenvalue weighted by atomic mass is 9.84. The number of cyclic esters (lactones) is 1. The first-order valence-electron chi connectivity index (χ1n) is 45.0. The predicted molar refractivity (Wildman–Crippen MR) is 493 cm³/mol. The minimum absolute atomic E-state index is 0.00842. The van der Waals surface area contributed by atoms with Gasteiger partial charge in [0.05, 0.1) is 71.1 Å². The Bertz CT molecular complexity index is 5990. The molecular formula is C95H108F2N18O23. The summed E-state index contributed by atoms with van der Waals surface area (Å²) < 4.78 is 67.6. The van der Waals surface area contributed by atoms with Crippen molar-refractivity contribution in [3.8, 4) is 34.3 Å². The van der Waals surface area contributed by atoms with E-state index in [2.05, 4.69) is 59.7 Å². The van der Waals surface area contributed by atoms with Gasteiger partial charge in [-0.2, -0.15) is 0 Å². The molecule has 4 aromatic heterocycles. The molecular weight excluding hydrogens is 1800 g/mol. The van der Waals surface area contributed by atoms with Gasteiger partial charge in [-0.1, -0.05) is 86.2 Å². The summed E-state index contributed by atoms with van der Waals surface area (Å²) in [5.74, 6) is -10.3. The lowest BCUT2D eigenvalue weighted by Crippen LogP contribution is -2.57. The van der Waals surface area contributed by atoms with Crippen LogP contribution in [0.3, 0.4) is 0 Å². The topological polar surface area (TPSA) is 566 Å². The second kappa shape index (κ2) is 43.2. The average Bonchev–Trinajstić information content (AvgIpc) is 1.57. The number of fused-ring (bicyclic) bond motifs is 10. The molecule has 16 N–H and O–H groups in total. The quantitative estimate of drug-likeness (QED) is 0.00755. The number of amides is 14. The van der Waals surface area contributed by atoms with E-state index in [9.17, 15) is 82.1 Å². The smallest absolute Gasteiger partial charge is 0.410 e. The normalized spacial score (nSPS) is 16.2. The molecule has 0 spiro atoms. The maximum absolute atomic E-state index is 15.8. The number of aryl methyl sites for hydroxylation is 2. The highest BCUT2D eigenvalue weighted by molar-refractivity contribution is 6.13. The van der Waals surface area contributed by atoms with E-state index in [-0.39, 0.29) is 161 Å². The standard InChI is InChI=1S/C95H108F2N18O23/c1-10-55-57-32-73(65(96)36-69(57)106-81-59(55)38-114-71(81)34-63-61(87(114)124)44-133-50(9)94(63,131)12-3)137-46-102-92(129)135-42-51-18-22-53(23-19-51)104-83(120)67(16-14-28-100-90(98)127)108-85(122)79(48(5)6)110-75(116)40-112(30-31-113-77(118)26-27-78(113)119)41-76(117)111-80(49(7)8)86(123)109-68(17-15-29-101-91(99)128)84(121)105-54-24-20-52(21-25-54)43-136-93(130)103-47-138-74-33-58-56(11-2)60-39-115-72(82(60)107-70(58)37-66(74)97)35-64-62(88(115)125)45-134-89(126)95(64,132)13-4/h18-27,32-37,48-49,67-68,79-80,131-132H,9-17,28-31,38-47H2,1-8H3,(H,102,129)(H,103,130)(H,104,120)(H,105,121)(H,108,122)(H,109,123)(H,110,116)(H,111,117)(H3,98,100,127)(H3,99,101,128)/t67-,68-,79-,80-,94+,95-/m0/s1. The number of primary amides is 2. The average molecular weight is 1910 g/mol. The molecule has 5 aliphatic rings. The number of alkyl carbamates (subject to hydrolysis) is 2. The van der Waals surface area contributed by atoms with Crippen LogP contribution in [0.25, 0.3) is 44.6 Å². The van der Waals surface area contributed by atoms with Gasteiger partial charge in [0.2, 0.25) is 35.4 Å². The molecule has 138 heavy (non-hydrogen) atoms. The number of carbonyl (C=O) groups excluding carboxylic acids is 13. The number of esters is 1. The van der Waals surface area contributed by atoms with Crippen molar-refractivity contribution >= 4 is 111 Å². The fraction of sp³-hybridized carbons (Fsp3) is 0.400. The molecule has 41 nitrogen and oxygen atoms in total. The molecule has 0 bridgehead atoms. The van der Waals surface area contributed by atoms with Gasteiger partial charge < -0.3 is 102 Å². The lowest BCUT2D eigenvalue weighted by molar-refractivity contribution is -0.172. The number of benzene rings is 4. The number of hydrogen-bond donors (Lipinski definition) is 14. The minimum atomic E-state index is -2.04. The molecule has 9 heterocycles. The Morgan fingerprint density at radius 2 is 0.957 bits per heavy atom. The number of carbonyl (C=O) groups is 13. The summed E-state index contributed by atoms with van der Waals surface area (Å²) in [6.07, 6.45) is 1.32. The number of pyridine rings is 4. The molecule has 730 valence electrons. The van der Waals surface area contributed by atoms with Gasteiger partial charge in [0, 0.05) is 94.9 Å². The zero-order valence-electron chi connectivity index (χ0n) is 77.0. The number of urea groups is 2. The number of nitrogens with zero attached hydrogens (tertiary/aromatic N) is 6. The number of anilines is 2. The van der Waals surface area contributed by atoms with Crippen molar-refractivity contribution < 1.29 is 110 Å². The summed E-state index contributed by atoms with van der Waals surface area (Å²) in [6.45, 7) is 13.8. The number of hydrogen-bond acceptors (Lipinski definition) is 26. The van der Waals surface area contributed by atoms with Crippen LogP contribution in [0.15, 0.2) is 119 Å². The zero-order chi connectivity index (χ0) is 99.5.